The van der Waals surface area contributed by atoms with E-state index in [0.29, 0.717) is 11.3 Å². The highest BCUT2D eigenvalue weighted by molar-refractivity contribution is 5.98. The topological polar surface area (TPSA) is 88.8 Å². The van der Waals surface area contributed by atoms with Crippen molar-refractivity contribution in [3.8, 4) is 11.3 Å². The Labute approximate surface area is 180 Å². The Hall–Kier alpha value is -3.65. The number of aromatic nitrogens is 5. The van der Waals surface area contributed by atoms with Crippen molar-refractivity contribution in [3.05, 3.63) is 66.4 Å². The summed E-state index contributed by atoms with van der Waals surface area (Å²) in [4.78, 5) is 28.8. The summed E-state index contributed by atoms with van der Waals surface area (Å²) in [7, 11) is 1.88. The number of anilines is 1. The van der Waals surface area contributed by atoms with E-state index in [4.69, 9.17) is 4.98 Å². The van der Waals surface area contributed by atoms with Gasteiger partial charge in [0.05, 0.1) is 29.5 Å². The molecule has 0 radical (unpaired) electrons. The molecule has 1 aliphatic rings. The van der Waals surface area contributed by atoms with E-state index in [1.807, 2.05) is 37.5 Å². The maximum Gasteiger partial charge on any atom is 0.169 e. The zero-order valence-electron chi connectivity index (χ0n) is 17.3. The first-order valence-electron chi connectivity index (χ1n) is 10.4. The fourth-order valence-corrected chi connectivity index (χ4v) is 3.79. The van der Waals surface area contributed by atoms with Crippen LogP contribution in [0.25, 0.3) is 22.2 Å². The number of nitrogens with one attached hydrogen (secondary N) is 1. The second-order valence-corrected chi connectivity index (χ2v) is 7.71. The lowest BCUT2D eigenvalue weighted by atomic mass is 10.1. The molecule has 4 aromatic rings. The Bertz CT molecular complexity index is 1240. The molecule has 8 heteroatoms. The molecule has 1 fully saturated rings. The molecule has 0 aromatic carbocycles. The summed E-state index contributed by atoms with van der Waals surface area (Å²) in [5.74, 6) is 0.871. The fraction of sp³-hybridized carbons (Fsp3) is 0.261. The molecule has 31 heavy (non-hydrogen) atoms. The number of hydrogen-bond donors (Lipinski definition) is 1. The van der Waals surface area contributed by atoms with E-state index in [1.54, 1.807) is 29.3 Å². The van der Waals surface area contributed by atoms with Crippen molar-refractivity contribution in [2.24, 2.45) is 7.05 Å². The average molecular weight is 413 g/mol. The Kier molecular flexibility index (Phi) is 5.13. The summed E-state index contributed by atoms with van der Waals surface area (Å²) >= 11 is 0. The van der Waals surface area contributed by atoms with Crippen LogP contribution in [0.2, 0.25) is 0 Å². The Morgan fingerprint density at radius 3 is 2.77 bits per heavy atom. The normalized spacial score (nSPS) is 14.2. The molecule has 1 N–H and O–H groups in total. The molecule has 4 aromatic heterocycles. The van der Waals surface area contributed by atoms with Crippen LogP contribution in [0.4, 0.5) is 5.82 Å². The number of hydrogen-bond acceptors (Lipinski definition) is 7. The lowest BCUT2D eigenvalue weighted by molar-refractivity contribution is 0.0992. The molecular weight excluding hydrogens is 390 g/mol. The summed E-state index contributed by atoms with van der Waals surface area (Å²) in [6.07, 6.45) is 7.43. The van der Waals surface area contributed by atoms with Crippen LogP contribution in [0.1, 0.15) is 16.1 Å². The zero-order valence-corrected chi connectivity index (χ0v) is 17.3. The quantitative estimate of drug-likeness (QED) is 0.502. The highest BCUT2D eigenvalue weighted by Crippen LogP contribution is 2.21. The third kappa shape index (κ3) is 4.15. The largest absolute Gasteiger partial charge is 0.354 e. The van der Waals surface area contributed by atoms with E-state index < -0.39 is 0 Å². The molecule has 0 unspecified atom stereocenters. The van der Waals surface area contributed by atoms with Crippen LogP contribution in [0.5, 0.6) is 0 Å². The molecule has 156 valence electrons. The van der Waals surface area contributed by atoms with Gasteiger partial charge in [0.25, 0.3) is 0 Å². The zero-order chi connectivity index (χ0) is 21.2. The smallest absolute Gasteiger partial charge is 0.169 e. The van der Waals surface area contributed by atoms with Gasteiger partial charge in [0, 0.05) is 68.3 Å². The van der Waals surface area contributed by atoms with Crippen LogP contribution in [-0.4, -0.2) is 56.7 Å². The van der Waals surface area contributed by atoms with E-state index in [-0.39, 0.29) is 12.2 Å². The summed E-state index contributed by atoms with van der Waals surface area (Å²) in [5, 5.41) is 8.48. The van der Waals surface area contributed by atoms with Crippen LogP contribution >= 0.6 is 0 Å². The molecule has 1 aliphatic heterocycles. The number of pyridine rings is 3. The SMILES string of the molecule is Cn1cc(-c2ccc3cnc(CC(=O)c4ccnc(N5CCNCC5)c4)cc3n2)cn1. The van der Waals surface area contributed by atoms with E-state index in [2.05, 4.69) is 25.3 Å². The van der Waals surface area contributed by atoms with Gasteiger partial charge in [0.2, 0.25) is 0 Å². The van der Waals surface area contributed by atoms with Crippen LogP contribution in [0.15, 0.2) is 55.1 Å². The second kappa shape index (κ2) is 8.23. The molecule has 5 rings (SSSR count). The minimum Gasteiger partial charge on any atom is -0.354 e. The molecule has 0 aliphatic carbocycles. The summed E-state index contributed by atoms with van der Waals surface area (Å²) in [5.41, 5.74) is 3.97. The monoisotopic (exact) mass is 413 g/mol. The highest BCUT2D eigenvalue weighted by atomic mass is 16.1. The molecule has 0 atom stereocenters. The van der Waals surface area contributed by atoms with E-state index in [0.717, 1.165) is 54.2 Å². The van der Waals surface area contributed by atoms with Crippen molar-refractivity contribution in [3.63, 3.8) is 0 Å². The van der Waals surface area contributed by atoms with Gasteiger partial charge in [-0.25, -0.2) is 9.97 Å². The highest BCUT2D eigenvalue weighted by Gasteiger charge is 2.15. The molecule has 0 spiro atoms. The predicted octanol–water partition coefficient (Wildman–Crippen LogP) is 2.26. The van der Waals surface area contributed by atoms with Gasteiger partial charge in [-0.2, -0.15) is 5.10 Å². The number of carbonyl (C=O) groups is 1. The van der Waals surface area contributed by atoms with Crippen molar-refractivity contribution < 1.29 is 4.79 Å². The lowest BCUT2D eigenvalue weighted by Gasteiger charge is -2.28. The maximum absolute atomic E-state index is 12.9. The van der Waals surface area contributed by atoms with E-state index >= 15 is 0 Å². The van der Waals surface area contributed by atoms with Crippen LogP contribution in [0.3, 0.4) is 0 Å². The molecule has 5 heterocycles. The van der Waals surface area contributed by atoms with Crippen LogP contribution in [-0.2, 0) is 13.5 Å². The number of nitrogens with zero attached hydrogens (tertiary/aromatic N) is 6. The van der Waals surface area contributed by atoms with Crippen LogP contribution < -0.4 is 10.2 Å². The van der Waals surface area contributed by atoms with Crippen molar-refractivity contribution >= 4 is 22.5 Å². The minimum atomic E-state index is 0.0223. The van der Waals surface area contributed by atoms with Gasteiger partial charge in [-0.15, -0.1) is 0 Å². The molecular formula is C23H23N7O. The van der Waals surface area contributed by atoms with Crippen molar-refractivity contribution in [1.29, 1.82) is 0 Å². The third-order valence-electron chi connectivity index (χ3n) is 5.48. The Morgan fingerprint density at radius 2 is 1.97 bits per heavy atom. The maximum atomic E-state index is 12.9. The molecule has 0 saturated carbocycles. The molecule has 0 amide bonds. The number of ketones is 1. The number of fused-ring (bicyclic) bond motifs is 1. The van der Waals surface area contributed by atoms with Gasteiger partial charge in [-0.05, 0) is 30.3 Å². The molecule has 0 bridgehead atoms. The number of Topliss-reactive ketones (excluding diaryl/α,β-unsaturated/α-hetero) is 1. The Balaban J connectivity index is 1.37. The van der Waals surface area contributed by atoms with Crippen molar-refractivity contribution in [2.75, 3.05) is 31.1 Å². The number of rotatable bonds is 5. The molecule has 8 nitrogen and oxygen atoms in total. The predicted molar refractivity (Wildman–Crippen MR) is 119 cm³/mol. The van der Waals surface area contributed by atoms with E-state index in [1.165, 1.54) is 0 Å². The third-order valence-corrected chi connectivity index (χ3v) is 5.48. The summed E-state index contributed by atoms with van der Waals surface area (Å²) in [6, 6.07) is 9.50. The van der Waals surface area contributed by atoms with Gasteiger partial charge in [0.1, 0.15) is 5.82 Å². The van der Waals surface area contributed by atoms with E-state index in [9.17, 15) is 4.79 Å². The number of carbonyl (C=O) groups excluding carboxylic acids is 1. The van der Waals surface area contributed by atoms with Crippen molar-refractivity contribution in [2.45, 2.75) is 6.42 Å². The second-order valence-electron chi connectivity index (χ2n) is 7.71. The fourth-order valence-electron chi connectivity index (χ4n) is 3.79. The molecule has 1 saturated heterocycles. The van der Waals surface area contributed by atoms with Gasteiger partial charge < -0.3 is 10.2 Å². The van der Waals surface area contributed by atoms with Crippen LogP contribution in [0, 0.1) is 0 Å². The standard InChI is InChI=1S/C23H23N7O/c1-29-15-18(14-27-29)20-3-2-17-13-26-19(11-21(17)28-20)12-22(31)16-4-5-25-23(10-16)30-8-6-24-7-9-30/h2-5,10-11,13-15,24H,6-9,12H2,1H3. The van der Waals surface area contributed by atoms with Gasteiger partial charge in [0.15, 0.2) is 5.78 Å². The summed E-state index contributed by atoms with van der Waals surface area (Å²) in [6.45, 7) is 3.63. The van der Waals surface area contributed by atoms with Gasteiger partial charge in [-0.1, -0.05) is 0 Å². The first-order valence-corrected chi connectivity index (χ1v) is 10.4. The lowest BCUT2D eigenvalue weighted by Crippen LogP contribution is -2.43. The average Bonchev–Trinajstić information content (AvgIpc) is 3.25. The number of aryl methyl sites for hydroxylation is 1. The number of piperazine rings is 1. The minimum absolute atomic E-state index is 0.0223. The Morgan fingerprint density at radius 1 is 1.10 bits per heavy atom. The van der Waals surface area contributed by atoms with Gasteiger partial charge >= 0.3 is 0 Å². The first kappa shape index (κ1) is 19.3. The van der Waals surface area contributed by atoms with Crippen molar-refractivity contribution in [1.82, 2.24) is 30.0 Å². The van der Waals surface area contributed by atoms with Gasteiger partial charge in [-0.3, -0.25) is 14.5 Å². The first-order chi connectivity index (χ1) is 15.2. The summed E-state index contributed by atoms with van der Waals surface area (Å²) < 4.78 is 1.75.